The first-order chi connectivity index (χ1) is 13.3. The van der Waals surface area contributed by atoms with E-state index in [2.05, 4.69) is 0 Å². The molecule has 1 aliphatic rings. The van der Waals surface area contributed by atoms with Gasteiger partial charge in [0.25, 0.3) is 5.79 Å². The predicted octanol–water partition coefficient (Wildman–Crippen LogP) is 3.63. The number of benzene rings is 2. The van der Waals surface area contributed by atoms with Crippen molar-refractivity contribution in [3.8, 4) is 11.5 Å². The van der Waals surface area contributed by atoms with Crippen LogP contribution in [0.5, 0.6) is 11.5 Å². The molecule has 1 aliphatic heterocycles. The molecule has 0 atom stereocenters. The summed E-state index contributed by atoms with van der Waals surface area (Å²) < 4.78 is 34.7. The van der Waals surface area contributed by atoms with Crippen LogP contribution in [0.1, 0.15) is 25.0 Å². The van der Waals surface area contributed by atoms with E-state index >= 15 is 0 Å². The Kier molecular flexibility index (Phi) is 5.35. The van der Waals surface area contributed by atoms with Crippen LogP contribution in [0.2, 0.25) is 0 Å². The number of cyclic esters (lactones) is 2. The zero-order chi connectivity index (χ0) is 20.3. The number of para-hydroxylation sites is 1. The van der Waals surface area contributed by atoms with Gasteiger partial charge in [0, 0.05) is 19.4 Å². The second-order valence-corrected chi connectivity index (χ2v) is 6.53. The van der Waals surface area contributed by atoms with E-state index in [9.17, 15) is 14.0 Å². The highest BCUT2D eigenvalue weighted by Crippen LogP contribution is 2.34. The zero-order valence-electron chi connectivity index (χ0n) is 15.7. The minimum atomic E-state index is -1.32. The van der Waals surface area contributed by atoms with Gasteiger partial charge in [0.1, 0.15) is 18.0 Å². The lowest BCUT2D eigenvalue weighted by Crippen LogP contribution is -2.41. The third-order valence-corrected chi connectivity index (χ3v) is 3.92. The van der Waals surface area contributed by atoms with E-state index in [1.165, 1.54) is 39.2 Å². The molecule has 0 N–H and O–H groups in total. The van der Waals surface area contributed by atoms with Crippen LogP contribution >= 0.6 is 0 Å². The first kappa shape index (κ1) is 19.4. The maximum atomic E-state index is 13.4. The summed E-state index contributed by atoms with van der Waals surface area (Å²) in [5.74, 6) is -2.59. The third-order valence-electron chi connectivity index (χ3n) is 3.92. The molecule has 1 heterocycles. The van der Waals surface area contributed by atoms with Crippen molar-refractivity contribution >= 4 is 18.0 Å². The van der Waals surface area contributed by atoms with Gasteiger partial charge in [-0.2, -0.15) is 0 Å². The fraction of sp³-hybridized carbons (Fsp3) is 0.238. The molecule has 3 rings (SSSR count). The number of carbonyl (C=O) groups is 2. The van der Waals surface area contributed by atoms with Crippen molar-refractivity contribution in [3.05, 3.63) is 65.0 Å². The van der Waals surface area contributed by atoms with E-state index in [-0.39, 0.29) is 18.0 Å². The number of ether oxygens (including phenoxy) is 4. The van der Waals surface area contributed by atoms with E-state index in [0.717, 1.165) is 0 Å². The van der Waals surface area contributed by atoms with Crippen molar-refractivity contribution in [2.45, 2.75) is 26.2 Å². The molecule has 0 amide bonds. The summed E-state index contributed by atoms with van der Waals surface area (Å²) in [7, 11) is 1.47. The molecular weight excluding hydrogens is 367 g/mol. The average Bonchev–Trinajstić information content (AvgIpc) is 2.62. The fourth-order valence-electron chi connectivity index (χ4n) is 2.68. The fourth-order valence-corrected chi connectivity index (χ4v) is 2.68. The molecule has 6 nitrogen and oxygen atoms in total. The number of carbonyl (C=O) groups excluding carboxylic acids is 2. The zero-order valence-corrected chi connectivity index (χ0v) is 15.7. The van der Waals surface area contributed by atoms with Crippen LogP contribution in [-0.2, 0) is 25.7 Å². The number of hydrogen-bond donors (Lipinski definition) is 0. The molecule has 28 heavy (non-hydrogen) atoms. The van der Waals surface area contributed by atoms with Crippen LogP contribution in [0.3, 0.4) is 0 Å². The molecule has 146 valence electrons. The molecule has 0 unspecified atom stereocenters. The van der Waals surface area contributed by atoms with Crippen LogP contribution < -0.4 is 9.47 Å². The summed E-state index contributed by atoms with van der Waals surface area (Å²) in [4.78, 5) is 24.4. The molecule has 0 aliphatic carbocycles. The maximum Gasteiger partial charge on any atom is 0.348 e. The van der Waals surface area contributed by atoms with Crippen LogP contribution in [0.15, 0.2) is 48.0 Å². The average molecular weight is 386 g/mol. The Hall–Kier alpha value is -3.35. The van der Waals surface area contributed by atoms with E-state index in [0.29, 0.717) is 22.6 Å². The van der Waals surface area contributed by atoms with E-state index < -0.39 is 17.7 Å². The van der Waals surface area contributed by atoms with E-state index in [4.69, 9.17) is 18.9 Å². The molecule has 7 heteroatoms. The van der Waals surface area contributed by atoms with Crippen molar-refractivity contribution < 1.29 is 32.9 Å². The lowest BCUT2D eigenvalue weighted by molar-refractivity contribution is -0.222. The number of methoxy groups -OCH3 is 1. The highest BCUT2D eigenvalue weighted by Gasteiger charge is 2.39. The summed E-state index contributed by atoms with van der Waals surface area (Å²) in [5.41, 5.74) is 0.769. The van der Waals surface area contributed by atoms with Crippen LogP contribution in [0.4, 0.5) is 4.39 Å². The first-order valence-corrected chi connectivity index (χ1v) is 8.52. The monoisotopic (exact) mass is 386 g/mol. The molecule has 0 radical (unpaired) electrons. The van der Waals surface area contributed by atoms with Gasteiger partial charge in [-0.3, -0.25) is 0 Å². The van der Waals surface area contributed by atoms with E-state index in [1.54, 1.807) is 30.3 Å². The lowest BCUT2D eigenvalue weighted by Gasteiger charge is -2.29. The Bertz CT molecular complexity index is 926. The minimum Gasteiger partial charge on any atom is -0.493 e. The van der Waals surface area contributed by atoms with Gasteiger partial charge in [-0.25, -0.2) is 14.0 Å². The highest BCUT2D eigenvalue weighted by molar-refractivity contribution is 6.19. The summed E-state index contributed by atoms with van der Waals surface area (Å²) in [5, 5.41) is 0. The van der Waals surface area contributed by atoms with Crippen molar-refractivity contribution in [3.63, 3.8) is 0 Å². The van der Waals surface area contributed by atoms with Crippen molar-refractivity contribution in [2.24, 2.45) is 0 Å². The van der Waals surface area contributed by atoms with Gasteiger partial charge in [0.15, 0.2) is 11.5 Å². The summed E-state index contributed by atoms with van der Waals surface area (Å²) in [6.07, 6.45) is 1.32. The molecular formula is C21H19FO6. The topological polar surface area (TPSA) is 71.1 Å². The quantitative estimate of drug-likeness (QED) is 0.444. The molecule has 2 aromatic rings. The van der Waals surface area contributed by atoms with Gasteiger partial charge in [0.2, 0.25) is 0 Å². The van der Waals surface area contributed by atoms with Gasteiger partial charge < -0.3 is 18.9 Å². The van der Waals surface area contributed by atoms with E-state index in [1.807, 2.05) is 0 Å². The first-order valence-electron chi connectivity index (χ1n) is 8.52. The molecule has 1 saturated heterocycles. The van der Waals surface area contributed by atoms with Gasteiger partial charge in [0.05, 0.1) is 7.11 Å². The predicted molar refractivity (Wildman–Crippen MR) is 98.0 cm³/mol. The Morgan fingerprint density at radius 1 is 1.07 bits per heavy atom. The normalized spacial score (nSPS) is 15.5. The number of hydrogen-bond acceptors (Lipinski definition) is 6. The smallest absolute Gasteiger partial charge is 0.348 e. The van der Waals surface area contributed by atoms with Gasteiger partial charge in [-0.1, -0.05) is 24.3 Å². The second-order valence-electron chi connectivity index (χ2n) is 6.53. The Balaban J connectivity index is 1.93. The number of esters is 2. The lowest BCUT2D eigenvalue weighted by atomic mass is 10.1. The maximum absolute atomic E-state index is 13.4. The number of halogens is 1. The SMILES string of the molecule is COc1cccc(C=C2C(=O)OC(C)(C)OC2=O)c1OCc1cccc(F)c1. The molecule has 0 aromatic heterocycles. The van der Waals surface area contributed by atoms with Crippen LogP contribution in [0.25, 0.3) is 6.08 Å². The van der Waals surface area contributed by atoms with Crippen molar-refractivity contribution in [1.82, 2.24) is 0 Å². The molecule has 0 saturated carbocycles. The Labute approximate surface area is 161 Å². The molecule has 0 bridgehead atoms. The number of rotatable bonds is 5. The summed E-state index contributed by atoms with van der Waals surface area (Å²) in [6, 6.07) is 11.0. The van der Waals surface area contributed by atoms with Crippen molar-refractivity contribution in [2.75, 3.05) is 7.11 Å². The molecule has 0 spiro atoms. The van der Waals surface area contributed by atoms with Gasteiger partial charge >= 0.3 is 11.9 Å². The Morgan fingerprint density at radius 3 is 2.39 bits per heavy atom. The third kappa shape index (κ3) is 4.31. The minimum absolute atomic E-state index is 0.0657. The molecule has 2 aromatic carbocycles. The largest absolute Gasteiger partial charge is 0.493 e. The highest BCUT2D eigenvalue weighted by atomic mass is 19.1. The van der Waals surface area contributed by atoms with Gasteiger partial charge in [-0.15, -0.1) is 0 Å². The summed E-state index contributed by atoms with van der Waals surface area (Å²) >= 11 is 0. The Morgan fingerprint density at radius 2 is 1.75 bits per heavy atom. The second kappa shape index (κ2) is 7.72. The summed E-state index contributed by atoms with van der Waals surface area (Å²) in [6.45, 7) is 3.01. The van der Waals surface area contributed by atoms with Crippen LogP contribution in [-0.4, -0.2) is 24.8 Å². The molecule has 1 fully saturated rings. The van der Waals surface area contributed by atoms with Crippen molar-refractivity contribution in [1.29, 1.82) is 0 Å². The van der Waals surface area contributed by atoms with Crippen LogP contribution in [0, 0.1) is 5.82 Å². The van der Waals surface area contributed by atoms with Gasteiger partial charge in [-0.05, 0) is 29.8 Å². The standard InChI is InChI=1S/C21H19FO6/c1-21(2)27-19(23)16(20(24)28-21)11-14-7-5-9-17(25-3)18(14)26-12-13-6-4-8-15(22)10-13/h4-11H,12H2,1-3H3.